The number of rotatable bonds is 5. The van der Waals surface area contributed by atoms with E-state index in [0.29, 0.717) is 16.5 Å². The number of nitrogens with two attached hydrogens (primary N) is 1. The Kier molecular flexibility index (Phi) is 5.76. The molecule has 0 aromatic heterocycles. The minimum absolute atomic E-state index is 0.156. The number of anilines is 1. The molecule has 2 aromatic carbocycles. The van der Waals surface area contributed by atoms with Gasteiger partial charge in [0.1, 0.15) is 17.4 Å². The van der Waals surface area contributed by atoms with Gasteiger partial charge in [-0.3, -0.25) is 4.99 Å². The van der Waals surface area contributed by atoms with Gasteiger partial charge in [-0.05, 0) is 48.4 Å². The molecule has 0 bridgehead atoms. The summed E-state index contributed by atoms with van der Waals surface area (Å²) in [6.45, 7) is 0.225. The van der Waals surface area contributed by atoms with Gasteiger partial charge in [0, 0.05) is 12.2 Å². The van der Waals surface area contributed by atoms with Gasteiger partial charge in [0.15, 0.2) is 5.96 Å². The smallest absolute Gasteiger partial charge is 0.193 e. The SMILES string of the molecule is COc1ccc(NC(N)=NCCc2cc(F)ccc2F)cc1Cl. The van der Waals surface area contributed by atoms with Crippen molar-refractivity contribution >= 4 is 23.2 Å². The molecule has 0 unspecified atom stereocenters. The molecular weight excluding hydrogens is 324 g/mol. The van der Waals surface area contributed by atoms with Gasteiger partial charge in [-0.25, -0.2) is 8.78 Å². The van der Waals surface area contributed by atoms with Crippen LogP contribution >= 0.6 is 11.6 Å². The van der Waals surface area contributed by atoms with Crippen molar-refractivity contribution in [2.75, 3.05) is 19.0 Å². The largest absolute Gasteiger partial charge is 0.495 e. The predicted molar refractivity (Wildman–Crippen MR) is 88.2 cm³/mol. The number of benzene rings is 2. The number of ether oxygens (including phenoxy) is 1. The Balaban J connectivity index is 1.95. The van der Waals surface area contributed by atoms with Gasteiger partial charge >= 0.3 is 0 Å². The second-order valence-corrected chi connectivity index (χ2v) is 5.13. The first kappa shape index (κ1) is 17.0. The quantitative estimate of drug-likeness (QED) is 0.646. The maximum absolute atomic E-state index is 13.5. The van der Waals surface area contributed by atoms with Gasteiger partial charge in [-0.15, -0.1) is 0 Å². The lowest BCUT2D eigenvalue weighted by Crippen LogP contribution is -2.23. The highest BCUT2D eigenvalue weighted by Crippen LogP contribution is 2.27. The first-order valence-corrected chi connectivity index (χ1v) is 7.22. The van der Waals surface area contributed by atoms with Crippen molar-refractivity contribution in [2.45, 2.75) is 6.42 Å². The molecule has 4 nitrogen and oxygen atoms in total. The van der Waals surface area contributed by atoms with Crippen molar-refractivity contribution in [1.29, 1.82) is 0 Å². The zero-order chi connectivity index (χ0) is 16.8. The highest BCUT2D eigenvalue weighted by Gasteiger charge is 2.04. The fourth-order valence-electron chi connectivity index (χ4n) is 1.96. The van der Waals surface area contributed by atoms with E-state index in [1.165, 1.54) is 7.11 Å². The summed E-state index contributed by atoms with van der Waals surface area (Å²) in [7, 11) is 1.52. The molecule has 2 aromatic rings. The first-order chi connectivity index (χ1) is 11.0. The number of hydrogen-bond acceptors (Lipinski definition) is 2. The number of nitrogens with zero attached hydrogens (tertiary/aromatic N) is 1. The molecule has 3 N–H and O–H groups in total. The number of aliphatic imine (C=N–C) groups is 1. The van der Waals surface area contributed by atoms with E-state index in [1.807, 2.05) is 0 Å². The average Bonchev–Trinajstić information content (AvgIpc) is 2.51. The first-order valence-electron chi connectivity index (χ1n) is 6.84. The van der Waals surface area contributed by atoms with Crippen LogP contribution in [-0.4, -0.2) is 19.6 Å². The molecule has 0 aliphatic heterocycles. The normalized spacial score (nSPS) is 11.4. The van der Waals surface area contributed by atoms with Gasteiger partial charge in [0.2, 0.25) is 0 Å². The van der Waals surface area contributed by atoms with Crippen molar-refractivity contribution < 1.29 is 13.5 Å². The molecule has 0 fully saturated rings. The van der Waals surface area contributed by atoms with Gasteiger partial charge in [-0.1, -0.05) is 11.6 Å². The Bertz CT molecular complexity index is 722. The molecule has 0 saturated heterocycles. The van der Waals surface area contributed by atoms with Crippen LogP contribution in [0.4, 0.5) is 14.5 Å². The second kappa shape index (κ2) is 7.78. The topological polar surface area (TPSA) is 59.6 Å². The van der Waals surface area contributed by atoms with Crippen LogP contribution < -0.4 is 15.8 Å². The standard InChI is InChI=1S/C16H16ClF2N3O/c1-23-15-5-3-12(9-13(15)17)22-16(20)21-7-6-10-8-11(18)2-4-14(10)19/h2-5,8-9H,6-7H2,1H3,(H3,20,21,22). The Morgan fingerprint density at radius 1 is 1.26 bits per heavy atom. The fourth-order valence-corrected chi connectivity index (χ4v) is 2.22. The number of guanidine groups is 1. The Labute approximate surface area is 137 Å². The third kappa shape index (κ3) is 4.82. The van der Waals surface area contributed by atoms with E-state index < -0.39 is 11.6 Å². The van der Waals surface area contributed by atoms with E-state index in [1.54, 1.807) is 18.2 Å². The van der Waals surface area contributed by atoms with Gasteiger partial charge in [-0.2, -0.15) is 0 Å². The van der Waals surface area contributed by atoms with Crippen molar-refractivity contribution in [3.63, 3.8) is 0 Å². The number of hydrogen-bond donors (Lipinski definition) is 2. The lowest BCUT2D eigenvalue weighted by Gasteiger charge is -2.08. The van der Waals surface area contributed by atoms with Gasteiger partial charge < -0.3 is 15.8 Å². The third-order valence-corrected chi connectivity index (χ3v) is 3.39. The summed E-state index contributed by atoms with van der Waals surface area (Å²) in [6, 6.07) is 8.40. The molecule has 0 atom stereocenters. The zero-order valence-electron chi connectivity index (χ0n) is 12.4. The van der Waals surface area contributed by atoms with Crippen LogP contribution in [0.2, 0.25) is 5.02 Å². The minimum atomic E-state index is -0.482. The maximum atomic E-state index is 13.5. The highest BCUT2D eigenvalue weighted by atomic mass is 35.5. The molecule has 0 amide bonds. The number of halogens is 3. The Morgan fingerprint density at radius 3 is 2.74 bits per heavy atom. The fraction of sp³-hybridized carbons (Fsp3) is 0.188. The van der Waals surface area contributed by atoms with Crippen molar-refractivity contribution in [2.24, 2.45) is 10.7 Å². The summed E-state index contributed by atoms with van der Waals surface area (Å²) in [5, 5.41) is 3.30. The van der Waals surface area contributed by atoms with Crippen LogP contribution in [0.5, 0.6) is 5.75 Å². The second-order valence-electron chi connectivity index (χ2n) is 4.73. The average molecular weight is 340 g/mol. The highest BCUT2D eigenvalue weighted by molar-refractivity contribution is 6.32. The molecule has 0 saturated carbocycles. The molecule has 0 spiro atoms. The lowest BCUT2D eigenvalue weighted by atomic mass is 10.1. The van der Waals surface area contributed by atoms with Crippen molar-refractivity contribution in [3.8, 4) is 5.75 Å². The molecule has 0 radical (unpaired) electrons. The molecule has 122 valence electrons. The van der Waals surface area contributed by atoms with E-state index in [9.17, 15) is 8.78 Å². The van der Waals surface area contributed by atoms with Crippen LogP contribution in [0.1, 0.15) is 5.56 Å². The lowest BCUT2D eigenvalue weighted by molar-refractivity contribution is 0.415. The molecule has 0 aliphatic rings. The van der Waals surface area contributed by atoms with Crippen LogP contribution in [0.25, 0.3) is 0 Å². The Hall–Kier alpha value is -2.34. The monoisotopic (exact) mass is 339 g/mol. The van der Waals surface area contributed by atoms with Crippen LogP contribution in [0.15, 0.2) is 41.4 Å². The molecule has 0 heterocycles. The minimum Gasteiger partial charge on any atom is -0.495 e. The van der Waals surface area contributed by atoms with E-state index in [2.05, 4.69) is 10.3 Å². The summed E-state index contributed by atoms with van der Waals surface area (Å²) in [4.78, 5) is 4.08. The summed E-state index contributed by atoms with van der Waals surface area (Å²) < 4.78 is 31.6. The van der Waals surface area contributed by atoms with E-state index in [4.69, 9.17) is 22.1 Å². The van der Waals surface area contributed by atoms with Crippen LogP contribution in [0.3, 0.4) is 0 Å². The molecule has 7 heteroatoms. The molecule has 0 aliphatic carbocycles. The maximum Gasteiger partial charge on any atom is 0.193 e. The van der Waals surface area contributed by atoms with Crippen LogP contribution in [-0.2, 0) is 6.42 Å². The van der Waals surface area contributed by atoms with Gasteiger partial charge in [0.05, 0.1) is 12.1 Å². The Morgan fingerprint density at radius 2 is 2.04 bits per heavy atom. The van der Waals surface area contributed by atoms with E-state index in [-0.39, 0.29) is 24.5 Å². The zero-order valence-corrected chi connectivity index (χ0v) is 13.2. The molecule has 23 heavy (non-hydrogen) atoms. The molecule has 2 rings (SSSR count). The summed E-state index contributed by atoms with van der Waals surface area (Å²) in [5.74, 6) is -0.239. The number of methoxy groups -OCH3 is 1. The summed E-state index contributed by atoms with van der Waals surface area (Å²) in [5.41, 5.74) is 6.66. The van der Waals surface area contributed by atoms with Crippen molar-refractivity contribution in [1.82, 2.24) is 0 Å². The number of nitrogens with one attached hydrogen (secondary N) is 1. The summed E-state index contributed by atoms with van der Waals surface area (Å²) >= 11 is 6.01. The predicted octanol–water partition coefficient (Wildman–Crippen LogP) is 3.60. The summed E-state index contributed by atoms with van der Waals surface area (Å²) in [6.07, 6.45) is 0.245. The van der Waals surface area contributed by atoms with E-state index in [0.717, 1.165) is 18.2 Å². The van der Waals surface area contributed by atoms with Crippen molar-refractivity contribution in [3.05, 3.63) is 58.6 Å². The van der Waals surface area contributed by atoms with Gasteiger partial charge in [0.25, 0.3) is 0 Å². The third-order valence-electron chi connectivity index (χ3n) is 3.10. The molecular formula is C16H16ClF2N3O. The van der Waals surface area contributed by atoms with E-state index >= 15 is 0 Å². The van der Waals surface area contributed by atoms with Crippen LogP contribution in [0, 0.1) is 11.6 Å².